The standard InChI is InChI=1S/C23H28N4O4S/c1-26-20(15-9-12-30-13-10-15)25-21-19(22(26)29)24-23(32-21)27-11-5-8-17(27)18(28)14-31-16-6-3-2-4-7-16/h2-4,6-7,15,17-18,28H,5,8-14H2,1H3/t17-,18?/m1/s1. The van der Waals surface area contributed by atoms with E-state index in [4.69, 9.17) is 14.5 Å². The topological polar surface area (TPSA) is 89.7 Å². The molecule has 1 aromatic carbocycles. The summed E-state index contributed by atoms with van der Waals surface area (Å²) >= 11 is 1.44. The van der Waals surface area contributed by atoms with Crippen LogP contribution < -0.4 is 15.2 Å². The van der Waals surface area contributed by atoms with Gasteiger partial charge in [-0.1, -0.05) is 29.5 Å². The molecule has 1 N–H and O–H groups in total. The van der Waals surface area contributed by atoms with E-state index in [0.29, 0.717) is 23.6 Å². The predicted molar refractivity (Wildman–Crippen MR) is 124 cm³/mol. The van der Waals surface area contributed by atoms with E-state index >= 15 is 0 Å². The number of nitrogens with zero attached hydrogens (tertiary/aromatic N) is 4. The van der Waals surface area contributed by atoms with Crippen LogP contribution in [0.15, 0.2) is 35.1 Å². The summed E-state index contributed by atoms with van der Waals surface area (Å²) in [5.41, 5.74) is 0.298. The van der Waals surface area contributed by atoms with Crippen LogP contribution >= 0.6 is 11.3 Å². The Morgan fingerprint density at radius 3 is 2.78 bits per heavy atom. The molecule has 0 saturated carbocycles. The van der Waals surface area contributed by atoms with Gasteiger partial charge < -0.3 is 19.5 Å². The second-order valence-corrected chi connectivity index (χ2v) is 9.42. The van der Waals surface area contributed by atoms with Crippen LogP contribution in [-0.2, 0) is 11.8 Å². The van der Waals surface area contributed by atoms with Crippen molar-refractivity contribution >= 4 is 26.8 Å². The number of aromatic nitrogens is 3. The molecule has 2 saturated heterocycles. The lowest BCUT2D eigenvalue weighted by Crippen LogP contribution is -2.42. The smallest absolute Gasteiger partial charge is 0.280 e. The molecule has 4 heterocycles. The van der Waals surface area contributed by atoms with Crippen molar-refractivity contribution in [2.24, 2.45) is 7.05 Å². The van der Waals surface area contributed by atoms with Crippen molar-refractivity contribution in [3.05, 3.63) is 46.5 Å². The summed E-state index contributed by atoms with van der Waals surface area (Å²) in [6, 6.07) is 9.41. The van der Waals surface area contributed by atoms with Gasteiger partial charge in [0.25, 0.3) is 5.56 Å². The highest BCUT2D eigenvalue weighted by atomic mass is 32.1. The third kappa shape index (κ3) is 4.12. The van der Waals surface area contributed by atoms with Gasteiger partial charge in [0.2, 0.25) is 0 Å². The summed E-state index contributed by atoms with van der Waals surface area (Å²) in [5, 5.41) is 11.6. The Hall–Kier alpha value is -2.49. The number of para-hydroxylation sites is 1. The molecule has 9 heteroatoms. The highest BCUT2D eigenvalue weighted by Gasteiger charge is 2.34. The molecule has 1 unspecified atom stereocenters. The summed E-state index contributed by atoms with van der Waals surface area (Å²) < 4.78 is 12.9. The lowest BCUT2D eigenvalue weighted by molar-refractivity contribution is 0.0828. The minimum Gasteiger partial charge on any atom is -0.491 e. The molecule has 2 aliphatic rings. The van der Waals surface area contributed by atoms with Crippen LogP contribution in [-0.4, -0.2) is 58.2 Å². The molecule has 0 spiro atoms. The fourth-order valence-electron chi connectivity index (χ4n) is 4.64. The van der Waals surface area contributed by atoms with Gasteiger partial charge >= 0.3 is 0 Å². The van der Waals surface area contributed by atoms with Crippen LogP contribution in [0.25, 0.3) is 10.3 Å². The second kappa shape index (κ2) is 9.17. The third-order valence-electron chi connectivity index (χ3n) is 6.40. The number of aliphatic hydroxyl groups excluding tert-OH is 1. The number of rotatable bonds is 6. The summed E-state index contributed by atoms with van der Waals surface area (Å²) in [7, 11) is 1.78. The minimum absolute atomic E-state index is 0.0990. The molecular weight excluding hydrogens is 428 g/mol. The molecule has 3 aromatic rings. The lowest BCUT2D eigenvalue weighted by atomic mass is 9.99. The van der Waals surface area contributed by atoms with E-state index in [1.165, 1.54) is 11.3 Å². The van der Waals surface area contributed by atoms with E-state index in [1.807, 2.05) is 30.3 Å². The quantitative estimate of drug-likeness (QED) is 0.610. The summed E-state index contributed by atoms with van der Waals surface area (Å²) in [6.45, 7) is 2.40. The predicted octanol–water partition coefficient (Wildman–Crippen LogP) is 2.69. The van der Waals surface area contributed by atoms with Crippen molar-refractivity contribution in [3.63, 3.8) is 0 Å². The molecule has 32 heavy (non-hydrogen) atoms. The van der Waals surface area contributed by atoms with E-state index in [9.17, 15) is 9.90 Å². The zero-order chi connectivity index (χ0) is 22.1. The fourth-order valence-corrected chi connectivity index (χ4v) is 5.66. The molecule has 0 amide bonds. The van der Waals surface area contributed by atoms with Crippen molar-refractivity contribution in [1.82, 2.24) is 14.5 Å². The van der Waals surface area contributed by atoms with Gasteiger partial charge in [0.05, 0.1) is 6.04 Å². The highest BCUT2D eigenvalue weighted by Crippen LogP contribution is 2.34. The van der Waals surface area contributed by atoms with Crippen LogP contribution in [0.3, 0.4) is 0 Å². The minimum atomic E-state index is -0.654. The number of hydrogen-bond acceptors (Lipinski definition) is 8. The molecule has 5 rings (SSSR count). The highest BCUT2D eigenvalue weighted by molar-refractivity contribution is 7.21. The fraction of sp³-hybridized carbons (Fsp3) is 0.522. The Kier molecular flexibility index (Phi) is 6.12. The number of hydrogen-bond donors (Lipinski definition) is 1. The largest absolute Gasteiger partial charge is 0.491 e. The van der Waals surface area contributed by atoms with Crippen molar-refractivity contribution < 1.29 is 14.6 Å². The van der Waals surface area contributed by atoms with E-state index in [-0.39, 0.29) is 24.1 Å². The van der Waals surface area contributed by atoms with Gasteiger partial charge in [-0.15, -0.1) is 0 Å². The first-order valence-electron chi connectivity index (χ1n) is 11.2. The maximum atomic E-state index is 13.0. The molecule has 2 aromatic heterocycles. The van der Waals surface area contributed by atoms with E-state index < -0.39 is 6.10 Å². The van der Waals surface area contributed by atoms with Crippen molar-refractivity contribution in [2.45, 2.75) is 43.7 Å². The molecule has 170 valence electrons. The molecular formula is C23H28N4O4S. The van der Waals surface area contributed by atoms with Crippen LogP contribution in [0.2, 0.25) is 0 Å². The average molecular weight is 457 g/mol. The van der Waals surface area contributed by atoms with Crippen LogP contribution in [0.4, 0.5) is 5.13 Å². The number of benzene rings is 1. The summed E-state index contributed by atoms with van der Waals surface area (Å²) in [4.78, 5) is 25.3. The van der Waals surface area contributed by atoms with Crippen LogP contribution in [0.5, 0.6) is 5.75 Å². The van der Waals surface area contributed by atoms with Gasteiger partial charge in [-0.25, -0.2) is 9.97 Å². The molecule has 2 fully saturated rings. The molecule has 0 bridgehead atoms. The molecule has 0 radical (unpaired) electrons. The number of thiazole rings is 1. The molecule has 2 aliphatic heterocycles. The Bertz CT molecular complexity index is 1130. The van der Waals surface area contributed by atoms with Gasteiger partial charge in [-0.3, -0.25) is 9.36 Å². The number of ether oxygens (including phenoxy) is 2. The average Bonchev–Trinajstić information content (AvgIpc) is 3.48. The van der Waals surface area contributed by atoms with Crippen molar-refractivity contribution in [1.29, 1.82) is 0 Å². The number of anilines is 1. The monoisotopic (exact) mass is 456 g/mol. The summed E-state index contributed by atoms with van der Waals surface area (Å²) in [6.07, 6.45) is 2.91. The Labute approximate surface area is 190 Å². The first kappa shape index (κ1) is 21.4. The Morgan fingerprint density at radius 1 is 1.22 bits per heavy atom. The maximum absolute atomic E-state index is 13.0. The molecule has 0 aliphatic carbocycles. The third-order valence-corrected chi connectivity index (χ3v) is 7.39. The van der Waals surface area contributed by atoms with Crippen molar-refractivity contribution in [2.75, 3.05) is 31.3 Å². The van der Waals surface area contributed by atoms with E-state index in [0.717, 1.165) is 48.9 Å². The van der Waals surface area contributed by atoms with Gasteiger partial charge in [-0.2, -0.15) is 0 Å². The van der Waals surface area contributed by atoms with E-state index in [2.05, 4.69) is 9.88 Å². The van der Waals surface area contributed by atoms with Gasteiger partial charge in [-0.05, 0) is 37.8 Å². The first-order chi connectivity index (χ1) is 15.6. The number of aliphatic hydroxyl groups is 1. The van der Waals surface area contributed by atoms with Gasteiger partial charge in [0.1, 0.15) is 24.3 Å². The Balaban J connectivity index is 1.38. The van der Waals surface area contributed by atoms with Crippen LogP contribution in [0, 0.1) is 0 Å². The SMILES string of the molecule is Cn1c(C2CCOCC2)nc2sc(N3CCC[C@@H]3C(O)COc3ccccc3)nc2c1=O. The van der Waals surface area contributed by atoms with E-state index in [1.54, 1.807) is 11.6 Å². The van der Waals surface area contributed by atoms with Gasteiger partial charge in [0.15, 0.2) is 15.5 Å². The van der Waals surface area contributed by atoms with Crippen LogP contribution in [0.1, 0.15) is 37.4 Å². The molecule has 8 nitrogen and oxygen atoms in total. The van der Waals surface area contributed by atoms with Gasteiger partial charge in [0, 0.05) is 32.7 Å². The van der Waals surface area contributed by atoms with Crippen molar-refractivity contribution in [3.8, 4) is 5.75 Å². The summed E-state index contributed by atoms with van der Waals surface area (Å²) in [5.74, 6) is 1.78. The number of fused-ring (bicyclic) bond motifs is 1. The molecule has 2 atom stereocenters. The zero-order valence-electron chi connectivity index (χ0n) is 18.1. The second-order valence-electron chi connectivity index (χ2n) is 8.47. The Morgan fingerprint density at radius 2 is 2.00 bits per heavy atom. The normalized spacial score (nSPS) is 20.7. The first-order valence-corrected chi connectivity index (χ1v) is 12.0. The maximum Gasteiger partial charge on any atom is 0.280 e. The zero-order valence-corrected chi connectivity index (χ0v) is 19.0. The lowest BCUT2D eigenvalue weighted by Gasteiger charge is -2.28.